The van der Waals surface area contributed by atoms with E-state index >= 15 is 0 Å². The molecule has 0 bridgehead atoms. The molecule has 0 aliphatic carbocycles. The van der Waals surface area contributed by atoms with Crippen molar-refractivity contribution < 1.29 is 26.4 Å². The zero-order valence-corrected chi connectivity index (χ0v) is 15.4. The molecule has 10 heteroatoms. The Morgan fingerprint density at radius 2 is 1.96 bits per heavy atom. The van der Waals surface area contributed by atoms with Crippen molar-refractivity contribution in [3.05, 3.63) is 18.2 Å². The van der Waals surface area contributed by atoms with Gasteiger partial charge in [-0.3, -0.25) is 4.79 Å². The first-order valence-corrected chi connectivity index (χ1v) is 10.4. The fraction of sp³-hybridized carbons (Fsp3) is 0.500. The summed E-state index contributed by atoms with van der Waals surface area (Å²) in [4.78, 5) is 11.9. The maximum Gasteiger partial charge on any atom is 0.244 e. The topological polar surface area (TPSA) is 110 Å². The van der Waals surface area contributed by atoms with Crippen LogP contribution >= 0.6 is 0 Å². The number of ether oxygens (including phenoxy) is 1. The van der Waals surface area contributed by atoms with Crippen LogP contribution in [-0.2, 0) is 24.8 Å². The summed E-state index contributed by atoms with van der Waals surface area (Å²) < 4.78 is 57.4. The van der Waals surface area contributed by atoms with Crippen LogP contribution in [0.5, 0.6) is 5.75 Å². The number of rotatable bonds is 5. The lowest BCUT2D eigenvalue weighted by atomic mass is 10.2. The molecule has 1 fully saturated rings. The molecule has 8 nitrogen and oxygen atoms in total. The van der Waals surface area contributed by atoms with Gasteiger partial charge in [0.1, 0.15) is 10.6 Å². The molecule has 0 aromatic heterocycles. The Bertz CT molecular complexity index is 861. The van der Waals surface area contributed by atoms with Crippen LogP contribution in [-0.4, -0.2) is 41.6 Å². The fourth-order valence-electron chi connectivity index (χ4n) is 2.46. The second-order valence-electron chi connectivity index (χ2n) is 5.89. The molecule has 24 heavy (non-hydrogen) atoms. The predicted molar refractivity (Wildman–Crippen MR) is 88.9 cm³/mol. The standard InChI is InChI=1S/C14H20N2O6S2/c1-9(2)15-24(20,21)13-7-11(5-6-12(13)22-4)16-14(17)10(3)8-23(16,18)19/h5-7,9-10,15H,8H2,1-4H3. The number of sulfonamides is 2. The minimum absolute atomic E-state index is 0.0192. The first-order valence-electron chi connectivity index (χ1n) is 7.27. The van der Waals surface area contributed by atoms with Gasteiger partial charge in [0.15, 0.2) is 0 Å². The second-order valence-corrected chi connectivity index (χ2v) is 9.44. The number of amides is 1. The minimum Gasteiger partial charge on any atom is -0.495 e. The van der Waals surface area contributed by atoms with Gasteiger partial charge in [-0.15, -0.1) is 0 Å². The van der Waals surface area contributed by atoms with E-state index in [-0.39, 0.29) is 28.1 Å². The molecule has 2 rings (SSSR count). The monoisotopic (exact) mass is 376 g/mol. The van der Waals surface area contributed by atoms with Gasteiger partial charge in [0.2, 0.25) is 26.0 Å². The number of nitrogens with zero attached hydrogens (tertiary/aromatic N) is 1. The highest BCUT2D eigenvalue weighted by atomic mass is 32.2. The molecule has 1 aliphatic rings. The fourth-order valence-corrected chi connectivity index (χ4v) is 5.71. The number of nitrogens with one attached hydrogen (secondary N) is 1. The Hall–Kier alpha value is -1.65. The average Bonchev–Trinajstić information content (AvgIpc) is 2.65. The molecule has 1 aliphatic heterocycles. The van der Waals surface area contributed by atoms with Crippen molar-refractivity contribution in [2.24, 2.45) is 5.92 Å². The Kier molecular flexibility index (Phi) is 4.93. The molecule has 1 aromatic carbocycles. The molecular formula is C14H20N2O6S2. The highest BCUT2D eigenvalue weighted by Gasteiger charge is 2.42. The van der Waals surface area contributed by atoms with Crippen molar-refractivity contribution in [1.29, 1.82) is 0 Å². The summed E-state index contributed by atoms with van der Waals surface area (Å²) in [7, 11) is -6.44. The van der Waals surface area contributed by atoms with Crippen LogP contribution in [0.15, 0.2) is 23.1 Å². The van der Waals surface area contributed by atoms with Crippen molar-refractivity contribution in [3.63, 3.8) is 0 Å². The number of anilines is 1. The van der Waals surface area contributed by atoms with Gasteiger partial charge in [0.05, 0.1) is 24.5 Å². The first-order chi connectivity index (χ1) is 11.0. The molecule has 0 saturated carbocycles. The quantitative estimate of drug-likeness (QED) is 0.810. The van der Waals surface area contributed by atoms with Crippen molar-refractivity contribution >= 4 is 31.6 Å². The number of methoxy groups -OCH3 is 1. The lowest BCUT2D eigenvalue weighted by Crippen LogP contribution is -2.32. The van der Waals surface area contributed by atoms with E-state index in [2.05, 4.69) is 4.72 Å². The summed E-state index contributed by atoms with van der Waals surface area (Å²) >= 11 is 0. The number of benzene rings is 1. The molecule has 1 unspecified atom stereocenters. The Labute approximate surface area is 141 Å². The predicted octanol–water partition coefficient (Wildman–Crippen LogP) is 0.694. The maximum absolute atomic E-state index is 12.5. The van der Waals surface area contributed by atoms with E-state index in [4.69, 9.17) is 4.74 Å². The first kappa shape index (κ1) is 18.7. The number of hydrogen-bond donors (Lipinski definition) is 1. The third-order valence-corrected chi connectivity index (χ3v) is 6.97. The van der Waals surface area contributed by atoms with E-state index < -0.39 is 31.9 Å². The largest absolute Gasteiger partial charge is 0.495 e. The van der Waals surface area contributed by atoms with Crippen LogP contribution in [0.3, 0.4) is 0 Å². The Morgan fingerprint density at radius 1 is 1.33 bits per heavy atom. The van der Waals surface area contributed by atoms with Crippen molar-refractivity contribution in [1.82, 2.24) is 4.72 Å². The average molecular weight is 376 g/mol. The van der Waals surface area contributed by atoms with Crippen molar-refractivity contribution in [3.8, 4) is 5.75 Å². The van der Waals surface area contributed by atoms with E-state index in [1.165, 1.54) is 26.2 Å². The molecule has 0 radical (unpaired) electrons. The molecule has 1 N–H and O–H groups in total. The summed E-state index contributed by atoms with van der Waals surface area (Å²) in [6, 6.07) is 3.45. The van der Waals surface area contributed by atoms with Crippen LogP contribution in [0.4, 0.5) is 5.69 Å². The lowest BCUT2D eigenvalue weighted by molar-refractivity contribution is -0.119. The smallest absolute Gasteiger partial charge is 0.244 e. The number of carbonyl (C=O) groups excluding carboxylic acids is 1. The summed E-state index contributed by atoms with van der Waals surface area (Å²) in [5, 5.41) is 0. The normalized spacial score (nSPS) is 20.6. The SMILES string of the molecule is COc1ccc(N2C(=O)C(C)CS2(=O)=O)cc1S(=O)(=O)NC(C)C. The van der Waals surface area contributed by atoms with Crippen LogP contribution in [0, 0.1) is 5.92 Å². The van der Waals surface area contributed by atoms with Crippen molar-refractivity contribution in [2.75, 3.05) is 17.2 Å². The highest BCUT2D eigenvalue weighted by Crippen LogP contribution is 2.33. The second kappa shape index (κ2) is 6.34. The van der Waals surface area contributed by atoms with E-state index in [1.54, 1.807) is 13.8 Å². The summed E-state index contributed by atoms with van der Waals surface area (Å²) in [5.74, 6) is -1.50. The molecule has 1 saturated heterocycles. The van der Waals surface area contributed by atoms with Crippen LogP contribution in [0.1, 0.15) is 20.8 Å². The Balaban J connectivity index is 2.60. The summed E-state index contributed by atoms with van der Waals surface area (Å²) in [5.41, 5.74) is -0.0192. The molecule has 0 spiro atoms. The number of carbonyl (C=O) groups is 1. The summed E-state index contributed by atoms with van der Waals surface area (Å²) in [6.07, 6.45) is 0. The van der Waals surface area contributed by atoms with Crippen LogP contribution < -0.4 is 13.8 Å². The molecule has 134 valence electrons. The van der Waals surface area contributed by atoms with Gasteiger partial charge in [-0.25, -0.2) is 25.9 Å². The molecule has 1 amide bonds. The third-order valence-electron chi connectivity index (χ3n) is 3.42. The molecular weight excluding hydrogens is 356 g/mol. The number of hydrogen-bond acceptors (Lipinski definition) is 6. The molecule has 1 aromatic rings. The third kappa shape index (κ3) is 3.40. The lowest BCUT2D eigenvalue weighted by Gasteiger charge is -2.18. The van der Waals surface area contributed by atoms with E-state index in [1.807, 2.05) is 0 Å². The van der Waals surface area contributed by atoms with E-state index in [0.29, 0.717) is 4.31 Å². The summed E-state index contributed by atoms with van der Waals surface area (Å²) in [6.45, 7) is 4.83. The van der Waals surface area contributed by atoms with Gasteiger partial charge in [0, 0.05) is 6.04 Å². The molecule has 1 heterocycles. The van der Waals surface area contributed by atoms with Crippen LogP contribution in [0.2, 0.25) is 0 Å². The maximum atomic E-state index is 12.5. The van der Waals surface area contributed by atoms with E-state index in [0.717, 1.165) is 6.07 Å². The molecule has 1 atom stereocenters. The van der Waals surface area contributed by atoms with Gasteiger partial charge < -0.3 is 4.74 Å². The zero-order chi connectivity index (χ0) is 18.3. The van der Waals surface area contributed by atoms with Crippen LogP contribution in [0.25, 0.3) is 0 Å². The van der Waals surface area contributed by atoms with E-state index in [9.17, 15) is 21.6 Å². The van der Waals surface area contributed by atoms with Gasteiger partial charge in [-0.1, -0.05) is 6.92 Å². The van der Waals surface area contributed by atoms with Gasteiger partial charge in [-0.2, -0.15) is 0 Å². The van der Waals surface area contributed by atoms with Gasteiger partial charge >= 0.3 is 0 Å². The highest BCUT2D eigenvalue weighted by molar-refractivity contribution is 7.94. The zero-order valence-electron chi connectivity index (χ0n) is 13.8. The van der Waals surface area contributed by atoms with Crippen molar-refractivity contribution in [2.45, 2.75) is 31.7 Å². The minimum atomic E-state index is -3.93. The van der Waals surface area contributed by atoms with Gasteiger partial charge in [-0.05, 0) is 32.0 Å². The van der Waals surface area contributed by atoms with Gasteiger partial charge in [0.25, 0.3) is 0 Å². The Morgan fingerprint density at radius 3 is 2.42 bits per heavy atom.